The van der Waals surface area contributed by atoms with Gasteiger partial charge in [0.1, 0.15) is 0 Å². The van der Waals surface area contributed by atoms with Crippen LogP contribution in [0.3, 0.4) is 0 Å². The molecule has 3 heteroatoms. The molecule has 0 saturated heterocycles. The average molecular weight is 96.1 g/mol. The summed E-state index contributed by atoms with van der Waals surface area (Å²) in [4.78, 5) is 3.61. The highest BCUT2D eigenvalue weighted by atomic mass is 16.5. The van der Waals surface area contributed by atoms with Crippen molar-refractivity contribution in [3.8, 4) is 0 Å². The van der Waals surface area contributed by atoms with Gasteiger partial charge in [-0.15, -0.1) is 0 Å². The Kier molecular flexibility index (Phi) is 0.817. The van der Waals surface area contributed by atoms with E-state index in [1.807, 2.05) is 0 Å². The predicted octanol–water partition coefficient (Wildman–Crippen LogP) is 0.437. The molecule has 3 nitrogen and oxygen atoms in total. The lowest BCUT2D eigenvalue weighted by molar-refractivity contribution is 0.391. The fraction of sp³-hybridized carbons (Fsp3) is 0.250. The molecular weight excluding hydrogens is 92.1 g/mol. The molecular formula is C4H4N2O. The Bertz CT molecular complexity index is 142. The molecule has 1 aromatic heterocycles. The molecule has 1 heterocycles. The fourth-order valence-corrected chi connectivity index (χ4v) is 0.315. The van der Waals surface area contributed by atoms with Crippen molar-refractivity contribution < 1.29 is 4.52 Å². The molecule has 0 spiro atoms. The lowest BCUT2D eigenvalue weighted by Gasteiger charge is -1.64. The highest BCUT2D eigenvalue weighted by Gasteiger charge is 1.90. The van der Waals surface area contributed by atoms with Gasteiger partial charge in [-0.05, 0) is 0 Å². The minimum absolute atomic E-state index is 0.192. The lowest BCUT2D eigenvalue weighted by Crippen LogP contribution is -1.70. The van der Waals surface area contributed by atoms with Crippen molar-refractivity contribution in [2.24, 2.45) is 0 Å². The van der Waals surface area contributed by atoms with Crippen molar-refractivity contribution in [1.29, 1.82) is 0 Å². The second kappa shape index (κ2) is 1.33. The summed E-state index contributed by atoms with van der Waals surface area (Å²) >= 11 is 0. The van der Waals surface area contributed by atoms with Crippen LogP contribution in [0.5, 0.6) is 0 Å². The Morgan fingerprint density at radius 3 is 2.57 bits per heavy atom. The first kappa shape index (κ1) is 4.30. The molecule has 0 fully saturated rings. The van der Waals surface area contributed by atoms with Gasteiger partial charge in [-0.3, -0.25) is 0 Å². The van der Waals surface area contributed by atoms with Crippen LogP contribution in [0.2, 0.25) is 0 Å². The van der Waals surface area contributed by atoms with E-state index < -0.39 is 0 Å². The van der Waals surface area contributed by atoms with Crippen LogP contribution in [0.4, 0.5) is 0 Å². The lowest BCUT2D eigenvalue weighted by atomic mass is 10.7. The molecule has 7 heavy (non-hydrogen) atoms. The van der Waals surface area contributed by atoms with Gasteiger partial charge in [0.05, 0.1) is 0 Å². The molecule has 0 aliphatic heterocycles. The number of rotatable bonds is 0. The first-order chi connectivity index (χ1) is 3.29. The SMILES string of the molecule is [CH]c1noc(C)n1. The summed E-state index contributed by atoms with van der Waals surface area (Å²) in [7, 11) is 0. The maximum atomic E-state index is 5.06. The zero-order valence-corrected chi connectivity index (χ0v) is 3.88. The number of aryl methyl sites for hydroxylation is 1. The molecule has 0 aliphatic rings. The summed E-state index contributed by atoms with van der Waals surface area (Å²) in [5.41, 5.74) is 0. The van der Waals surface area contributed by atoms with Crippen LogP contribution in [0.15, 0.2) is 4.52 Å². The van der Waals surface area contributed by atoms with Crippen LogP contribution in [-0.4, -0.2) is 10.1 Å². The summed E-state index contributed by atoms with van der Waals surface area (Å²) in [6.07, 6.45) is 0. The van der Waals surface area contributed by atoms with Crippen LogP contribution in [0, 0.1) is 13.8 Å². The maximum absolute atomic E-state index is 5.06. The minimum atomic E-state index is 0.192. The van der Waals surface area contributed by atoms with Crippen molar-refractivity contribution in [2.45, 2.75) is 6.92 Å². The van der Waals surface area contributed by atoms with Gasteiger partial charge in [0.15, 0.2) is 5.82 Å². The molecule has 0 atom stereocenters. The third-order valence-corrected chi connectivity index (χ3v) is 0.543. The van der Waals surface area contributed by atoms with Gasteiger partial charge >= 0.3 is 0 Å². The number of hydrogen-bond donors (Lipinski definition) is 0. The highest BCUT2D eigenvalue weighted by molar-refractivity contribution is 4.85. The van der Waals surface area contributed by atoms with E-state index in [1.165, 1.54) is 0 Å². The molecule has 2 radical (unpaired) electrons. The second-order valence-electron chi connectivity index (χ2n) is 1.17. The summed E-state index contributed by atoms with van der Waals surface area (Å²) in [6.45, 7) is 6.75. The fourth-order valence-electron chi connectivity index (χ4n) is 0.315. The van der Waals surface area contributed by atoms with E-state index in [-0.39, 0.29) is 5.82 Å². The summed E-state index contributed by atoms with van der Waals surface area (Å²) < 4.78 is 4.48. The predicted molar refractivity (Wildman–Crippen MR) is 22.4 cm³/mol. The normalized spacial score (nSPS) is 9.43. The van der Waals surface area contributed by atoms with Crippen LogP contribution in [0.1, 0.15) is 11.7 Å². The van der Waals surface area contributed by atoms with Crippen LogP contribution < -0.4 is 0 Å². The molecule has 0 aromatic carbocycles. The molecule has 0 N–H and O–H groups in total. The monoisotopic (exact) mass is 96.0 g/mol. The molecule has 0 amide bonds. The first-order valence-corrected chi connectivity index (χ1v) is 1.85. The van der Waals surface area contributed by atoms with Gasteiger partial charge in [0.25, 0.3) is 0 Å². The van der Waals surface area contributed by atoms with Gasteiger partial charge in [-0.25, -0.2) is 0 Å². The molecule has 1 rings (SSSR count). The van der Waals surface area contributed by atoms with Gasteiger partial charge in [-0.1, -0.05) is 5.16 Å². The quantitative estimate of drug-likeness (QED) is 0.470. The maximum Gasteiger partial charge on any atom is 0.223 e. The Balaban J connectivity index is 3.04. The molecule has 36 valence electrons. The van der Waals surface area contributed by atoms with Crippen LogP contribution in [0.25, 0.3) is 0 Å². The topological polar surface area (TPSA) is 38.9 Å². The van der Waals surface area contributed by atoms with Crippen molar-refractivity contribution >= 4 is 0 Å². The zero-order chi connectivity index (χ0) is 5.28. The van der Waals surface area contributed by atoms with E-state index in [2.05, 4.69) is 14.7 Å². The van der Waals surface area contributed by atoms with Gasteiger partial charge in [0, 0.05) is 13.8 Å². The third-order valence-electron chi connectivity index (χ3n) is 0.543. The first-order valence-electron chi connectivity index (χ1n) is 1.85. The third kappa shape index (κ3) is 0.765. The van der Waals surface area contributed by atoms with Crippen LogP contribution in [-0.2, 0) is 0 Å². The smallest absolute Gasteiger partial charge is 0.223 e. The van der Waals surface area contributed by atoms with E-state index >= 15 is 0 Å². The van der Waals surface area contributed by atoms with Crippen molar-refractivity contribution in [3.05, 3.63) is 18.6 Å². The van der Waals surface area contributed by atoms with Crippen LogP contribution >= 0.6 is 0 Å². The Hall–Kier alpha value is -0.860. The number of aromatic nitrogens is 2. The Labute approximate surface area is 41.3 Å². The molecule has 0 bridgehead atoms. The molecule has 0 saturated carbocycles. The second-order valence-corrected chi connectivity index (χ2v) is 1.17. The van der Waals surface area contributed by atoms with E-state index in [1.54, 1.807) is 6.92 Å². The summed E-state index contributed by atoms with van der Waals surface area (Å²) in [5.74, 6) is 0.690. The summed E-state index contributed by atoms with van der Waals surface area (Å²) in [6, 6.07) is 0. The van der Waals surface area contributed by atoms with E-state index in [0.717, 1.165) is 0 Å². The Morgan fingerprint density at radius 2 is 2.43 bits per heavy atom. The number of nitrogens with zero attached hydrogens (tertiary/aromatic N) is 2. The van der Waals surface area contributed by atoms with Crippen molar-refractivity contribution in [2.75, 3.05) is 0 Å². The highest BCUT2D eigenvalue weighted by Crippen LogP contribution is 1.89. The molecule has 0 aliphatic carbocycles. The minimum Gasteiger partial charge on any atom is -0.340 e. The van der Waals surface area contributed by atoms with Gasteiger partial charge in [0.2, 0.25) is 5.89 Å². The van der Waals surface area contributed by atoms with E-state index in [0.29, 0.717) is 5.89 Å². The Morgan fingerprint density at radius 1 is 1.71 bits per heavy atom. The largest absolute Gasteiger partial charge is 0.340 e. The van der Waals surface area contributed by atoms with E-state index in [4.69, 9.17) is 6.92 Å². The standard InChI is InChI=1S/C4H4N2O/c1-3-5-4(2)7-6-3/h1H,2H3. The average Bonchev–Trinajstić information content (AvgIpc) is 1.87. The van der Waals surface area contributed by atoms with Gasteiger partial charge in [-0.2, -0.15) is 4.98 Å². The van der Waals surface area contributed by atoms with E-state index in [9.17, 15) is 0 Å². The van der Waals surface area contributed by atoms with Crippen molar-refractivity contribution in [3.63, 3.8) is 0 Å². The van der Waals surface area contributed by atoms with Gasteiger partial charge < -0.3 is 4.52 Å². The molecule has 1 aromatic rings. The summed E-state index contributed by atoms with van der Waals surface area (Å²) in [5, 5.41) is 3.31. The zero-order valence-electron chi connectivity index (χ0n) is 3.88. The molecule has 0 unspecified atom stereocenters. The van der Waals surface area contributed by atoms with Crippen molar-refractivity contribution in [1.82, 2.24) is 10.1 Å². The number of hydrogen-bond acceptors (Lipinski definition) is 3.